The van der Waals surface area contributed by atoms with E-state index in [1.165, 1.54) is 12.1 Å². The van der Waals surface area contributed by atoms with Crippen LogP contribution in [0, 0.1) is 0 Å². The van der Waals surface area contributed by atoms with Crippen LogP contribution in [0.1, 0.15) is 26.7 Å². The lowest BCUT2D eigenvalue weighted by Crippen LogP contribution is -2.54. The Bertz CT molecular complexity index is 558. The lowest BCUT2D eigenvalue weighted by atomic mass is 10.0. The van der Waals surface area contributed by atoms with Crippen molar-refractivity contribution in [2.24, 2.45) is 0 Å². The highest BCUT2D eigenvalue weighted by Gasteiger charge is 2.34. The maximum Gasteiger partial charge on any atom is 0.387 e. The van der Waals surface area contributed by atoms with Crippen LogP contribution in [0.25, 0.3) is 0 Å². The smallest absolute Gasteiger partial charge is 0.387 e. The molecule has 1 heterocycles. The predicted octanol–water partition coefficient (Wildman–Crippen LogP) is 2.49. The summed E-state index contributed by atoms with van der Waals surface area (Å²) in [6.45, 7) is 1.51. The van der Waals surface area contributed by atoms with Crippen molar-refractivity contribution in [3.63, 3.8) is 0 Å². The zero-order valence-corrected chi connectivity index (χ0v) is 14.2. The summed E-state index contributed by atoms with van der Waals surface area (Å²) in [4.78, 5) is 16.3. The molecule has 1 fully saturated rings. The fraction of sp³-hybridized carbons (Fsp3) is 0.588. The topological polar surface area (TPSA) is 53.0 Å². The molecule has 1 saturated heterocycles. The Morgan fingerprint density at radius 1 is 1.38 bits per heavy atom. The number of halogens is 2. The van der Waals surface area contributed by atoms with Crippen LogP contribution in [0.5, 0.6) is 5.75 Å². The molecule has 1 aromatic rings. The molecule has 0 saturated carbocycles. The lowest BCUT2D eigenvalue weighted by molar-refractivity contribution is -0.125. The zero-order chi connectivity index (χ0) is 17.9. The van der Waals surface area contributed by atoms with E-state index >= 15 is 0 Å². The summed E-state index contributed by atoms with van der Waals surface area (Å²) in [5.41, 5.74) is -0.228. The number of piperidine rings is 1. The Hall–Kier alpha value is -1.73. The van der Waals surface area contributed by atoms with E-state index in [1.54, 1.807) is 30.9 Å². The minimum absolute atomic E-state index is 0.0458. The van der Waals surface area contributed by atoms with E-state index in [-0.39, 0.29) is 17.7 Å². The normalized spacial score (nSPS) is 19.2. The molecule has 1 aliphatic heterocycles. The molecule has 0 radical (unpaired) electrons. The number of likely N-dealkylation sites (N-methyl/N-ethyl adjacent to an activating group) is 1. The first-order valence-electron chi connectivity index (χ1n) is 7.96. The molecule has 24 heavy (non-hydrogen) atoms. The number of alkyl halides is 2. The van der Waals surface area contributed by atoms with Crippen LogP contribution in [-0.4, -0.2) is 54.3 Å². The summed E-state index contributed by atoms with van der Waals surface area (Å²) in [5.74, 6) is 0.0180. The van der Waals surface area contributed by atoms with Crippen molar-refractivity contribution in [2.45, 2.75) is 44.9 Å². The van der Waals surface area contributed by atoms with Crippen molar-refractivity contribution in [1.82, 2.24) is 4.90 Å². The number of carbonyl (C=O) groups excluding carboxylic acids is 1. The Labute approximate surface area is 140 Å². The average molecular weight is 342 g/mol. The van der Waals surface area contributed by atoms with E-state index in [2.05, 4.69) is 4.74 Å². The summed E-state index contributed by atoms with van der Waals surface area (Å²) < 4.78 is 28.7. The first kappa shape index (κ1) is 18.6. The molecule has 1 aliphatic rings. The van der Waals surface area contributed by atoms with Gasteiger partial charge < -0.3 is 14.7 Å². The van der Waals surface area contributed by atoms with Gasteiger partial charge in [0.05, 0.1) is 11.6 Å². The van der Waals surface area contributed by atoms with Gasteiger partial charge in [-0.25, -0.2) is 0 Å². The molecule has 1 unspecified atom stereocenters. The summed E-state index contributed by atoms with van der Waals surface area (Å²) in [6, 6.07) is 5.77. The Kier molecular flexibility index (Phi) is 5.77. The molecule has 0 aliphatic carbocycles. The van der Waals surface area contributed by atoms with Gasteiger partial charge in [-0.2, -0.15) is 8.78 Å². The number of benzene rings is 1. The SMILES string of the molecule is CN(CC(C)(C)O)C1CCCN(c2ccc(OC(F)F)cc2)C1=O. The number of hydrogen-bond acceptors (Lipinski definition) is 4. The van der Waals surface area contributed by atoms with E-state index in [9.17, 15) is 18.7 Å². The molecule has 1 aromatic carbocycles. The summed E-state index contributed by atoms with van der Waals surface area (Å²) >= 11 is 0. The van der Waals surface area contributed by atoms with E-state index in [4.69, 9.17) is 0 Å². The molecule has 5 nitrogen and oxygen atoms in total. The number of rotatable bonds is 6. The van der Waals surface area contributed by atoms with Gasteiger partial charge in [-0.3, -0.25) is 9.69 Å². The molecule has 134 valence electrons. The largest absolute Gasteiger partial charge is 0.435 e. The van der Waals surface area contributed by atoms with Gasteiger partial charge >= 0.3 is 6.61 Å². The second-order valence-corrected chi connectivity index (χ2v) is 6.75. The molecule has 2 rings (SSSR count). The monoisotopic (exact) mass is 342 g/mol. The highest BCUT2D eigenvalue weighted by Crippen LogP contribution is 2.26. The van der Waals surface area contributed by atoms with Gasteiger partial charge in [0, 0.05) is 18.8 Å². The third kappa shape index (κ3) is 4.88. The molecule has 1 atom stereocenters. The fourth-order valence-corrected chi connectivity index (χ4v) is 3.05. The van der Waals surface area contributed by atoms with Crippen molar-refractivity contribution in [1.29, 1.82) is 0 Å². The van der Waals surface area contributed by atoms with Crippen LogP contribution in [0.3, 0.4) is 0 Å². The molecule has 1 amide bonds. The van der Waals surface area contributed by atoms with E-state index < -0.39 is 12.2 Å². The number of ether oxygens (including phenoxy) is 1. The van der Waals surface area contributed by atoms with Gasteiger partial charge in [0.15, 0.2) is 0 Å². The van der Waals surface area contributed by atoms with E-state index in [0.717, 1.165) is 12.8 Å². The van der Waals surface area contributed by atoms with Gasteiger partial charge in [0.1, 0.15) is 5.75 Å². The highest BCUT2D eigenvalue weighted by atomic mass is 19.3. The van der Waals surface area contributed by atoms with E-state index in [1.807, 2.05) is 11.9 Å². The lowest BCUT2D eigenvalue weighted by Gasteiger charge is -2.38. The highest BCUT2D eigenvalue weighted by molar-refractivity contribution is 5.97. The quantitative estimate of drug-likeness (QED) is 0.863. The molecular weight excluding hydrogens is 318 g/mol. The van der Waals surface area contributed by atoms with Crippen molar-refractivity contribution in [2.75, 3.05) is 25.0 Å². The van der Waals surface area contributed by atoms with Crippen LogP contribution >= 0.6 is 0 Å². The summed E-state index contributed by atoms with van der Waals surface area (Å²) in [7, 11) is 1.82. The van der Waals surface area contributed by atoms with Crippen molar-refractivity contribution in [3.8, 4) is 5.75 Å². The molecular formula is C17H24F2N2O3. The minimum atomic E-state index is -2.87. The average Bonchev–Trinajstić information content (AvgIpc) is 2.46. The Morgan fingerprint density at radius 3 is 2.54 bits per heavy atom. The Morgan fingerprint density at radius 2 is 2.00 bits per heavy atom. The number of nitrogens with zero attached hydrogens (tertiary/aromatic N) is 2. The van der Waals surface area contributed by atoms with Crippen molar-refractivity contribution >= 4 is 11.6 Å². The maximum atomic E-state index is 12.8. The number of carbonyl (C=O) groups is 1. The minimum Gasteiger partial charge on any atom is -0.435 e. The molecule has 0 aromatic heterocycles. The molecule has 0 spiro atoms. The van der Waals surface area contributed by atoms with Gasteiger partial charge in [-0.15, -0.1) is 0 Å². The van der Waals surface area contributed by atoms with Crippen LogP contribution in [0.4, 0.5) is 14.5 Å². The number of anilines is 1. The fourth-order valence-electron chi connectivity index (χ4n) is 3.05. The van der Waals surface area contributed by atoms with Gasteiger partial charge in [0.25, 0.3) is 0 Å². The second-order valence-electron chi connectivity index (χ2n) is 6.75. The third-order valence-electron chi connectivity index (χ3n) is 3.95. The zero-order valence-electron chi connectivity index (χ0n) is 14.2. The van der Waals surface area contributed by atoms with Gasteiger partial charge in [0.2, 0.25) is 5.91 Å². The van der Waals surface area contributed by atoms with Gasteiger partial charge in [-0.05, 0) is 58.0 Å². The van der Waals surface area contributed by atoms with Crippen LogP contribution in [0.2, 0.25) is 0 Å². The Balaban J connectivity index is 2.09. The number of aliphatic hydroxyl groups is 1. The third-order valence-corrected chi connectivity index (χ3v) is 3.95. The summed E-state index contributed by atoms with van der Waals surface area (Å²) in [5, 5.41) is 9.95. The van der Waals surface area contributed by atoms with Crippen LogP contribution in [-0.2, 0) is 4.79 Å². The number of amides is 1. The summed E-state index contributed by atoms with van der Waals surface area (Å²) in [6.07, 6.45) is 1.57. The van der Waals surface area contributed by atoms with Crippen LogP contribution in [0.15, 0.2) is 24.3 Å². The first-order chi connectivity index (χ1) is 11.2. The van der Waals surface area contributed by atoms with Crippen molar-refractivity contribution < 1.29 is 23.4 Å². The van der Waals surface area contributed by atoms with Crippen molar-refractivity contribution in [3.05, 3.63) is 24.3 Å². The standard InChI is InChI=1S/C17H24F2N2O3/c1-17(2,23)11-20(3)14-5-4-10-21(15(14)22)12-6-8-13(9-7-12)24-16(18)19/h6-9,14,16,23H,4-5,10-11H2,1-3H3. The first-order valence-corrected chi connectivity index (χ1v) is 7.96. The number of hydrogen-bond donors (Lipinski definition) is 1. The molecule has 1 N–H and O–H groups in total. The molecule has 0 bridgehead atoms. The van der Waals surface area contributed by atoms with E-state index in [0.29, 0.717) is 18.8 Å². The molecule has 7 heteroatoms. The second kappa shape index (κ2) is 7.44. The predicted molar refractivity (Wildman–Crippen MR) is 87.4 cm³/mol. The maximum absolute atomic E-state index is 12.8. The van der Waals surface area contributed by atoms with Crippen LogP contribution < -0.4 is 9.64 Å². The van der Waals surface area contributed by atoms with Gasteiger partial charge in [-0.1, -0.05) is 0 Å².